The van der Waals surface area contributed by atoms with E-state index in [0.717, 1.165) is 17.7 Å². The predicted molar refractivity (Wildman–Crippen MR) is 77.1 cm³/mol. The Morgan fingerprint density at radius 1 is 1.32 bits per heavy atom. The second kappa shape index (κ2) is 6.54. The minimum Gasteiger partial charge on any atom is -0.503 e. The molecule has 0 fully saturated rings. The molecule has 1 aromatic heterocycles. The summed E-state index contributed by atoms with van der Waals surface area (Å²) in [7, 11) is 1.54. The molecule has 0 unspecified atom stereocenters. The van der Waals surface area contributed by atoms with Crippen LogP contribution in [0.5, 0.6) is 11.5 Å². The van der Waals surface area contributed by atoms with Crippen LogP contribution >= 0.6 is 15.9 Å². The molecule has 0 aliphatic carbocycles. The molecule has 5 heteroatoms. The number of phenols is 1. The van der Waals surface area contributed by atoms with Gasteiger partial charge in [0.1, 0.15) is 0 Å². The van der Waals surface area contributed by atoms with E-state index in [2.05, 4.69) is 26.2 Å². The van der Waals surface area contributed by atoms with Crippen molar-refractivity contribution in [2.24, 2.45) is 0 Å². The van der Waals surface area contributed by atoms with Crippen molar-refractivity contribution >= 4 is 15.9 Å². The molecule has 19 heavy (non-hydrogen) atoms. The number of halogens is 1. The van der Waals surface area contributed by atoms with Crippen LogP contribution in [0.4, 0.5) is 0 Å². The topological polar surface area (TPSA) is 54.4 Å². The molecule has 100 valence electrons. The maximum absolute atomic E-state index is 9.72. The lowest BCUT2D eigenvalue weighted by Crippen LogP contribution is -2.12. The molecule has 0 radical (unpaired) electrons. The molecule has 0 aliphatic heterocycles. The van der Waals surface area contributed by atoms with Crippen molar-refractivity contribution in [1.29, 1.82) is 0 Å². The van der Waals surface area contributed by atoms with Crippen LogP contribution in [0.3, 0.4) is 0 Å². The zero-order valence-corrected chi connectivity index (χ0v) is 12.1. The lowest BCUT2D eigenvalue weighted by atomic mass is 10.2. The Kier molecular flexibility index (Phi) is 4.76. The van der Waals surface area contributed by atoms with Crippen molar-refractivity contribution in [3.05, 3.63) is 52.3 Å². The summed E-state index contributed by atoms with van der Waals surface area (Å²) in [6.07, 6.45) is 3.59. The number of rotatable bonds is 5. The van der Waals surface area contributed by atoms with Gasteiger partial charge >= 0.3 is 0 Å². The second-order valence-electron chi connectivity index (χ2n) is 4.09. The Balaban J connectivity index is 1.98. The number of phenolic OH excluding ortho intramolecular Hbond substituents is 1. The largest absolute Gasteiger partial charge is 0.503 e. The number of nitrogens with one attached hydrogen (secondary N) is 1. The fraction of sp³-hybridized carbons (Fsp3) is 0.214. The number of hydrogen-bond acceptors (Lipinski definition) is 4. The zero-order chi connectivity index (χ0) is 13.7. The van der Waals surface area contributed by atoms with Gasteiger partial charge in [-0.25, -0.2) is 0 Å². The normalized spacial score (nSPS) is 10.4. The third-order valence-electron chi connectivity index (χ3n) is 2.69. The van der Waals surface area contributed by atoms with Crippen molar-refractivity contribution < 1.29 is 9.84 Å². The summed E-state index contributed by atoms with van der Waals surface area (Å²) < 4.78 is 5.74. The summed E-state index contributed by atoms with van der Waals surface area (Å²) in [6, 6.07) is 7.62. The van der Waals surface area contributed by atoms with Gasteiger partial charge in [-0.1, -0.05) is 6.07 Å². The highest BCUT2D eigenvalue weighted by atomic mass is 79.9. The Bertz CT molecular complexity index is 547. The van der Waals surface area contributed by atoms with Gasteiger partial charge in [0.25, 0.3) is 0 Å². The molecule has 2 aromatic rings. The van der Waals surface area contributed by atoms with Gasteiger partial charge in [0.2, 0.25) is 0 Å². The first-order valence-corrected chi connectivity index (χ1v) is 6.65. The monoisotopic (exact) mass is 322 g/mol. The average Bonchev–Trinajstić information content (AvgIpc) is 2.43. The Morgan fingerprint density at radius 2 is 2.11 bits per heavy atom. The lowest BCUT2D eigenvalue weighted by molar-refractivity contribution is 0.371. The molecule has 4 nitrogen and oxygen atoms in total. The maximum Gasteiger partial charge on any atom is 0.172 e. The van der Waals surface area contributed by atoms with Crippen LogP contribution in [0, 0.1) is 0 Å². The van der Waals surface area contributed by atoms with Gasteiger partial charge in [-0.3, -0.25) is 4.98 Å². The van der Waals surface area contributed by atoms with E-state index in [-0.39, 0.29) is 5.75 Å². The van der Waals surface area contributed by atoms with E-state index in [1.54, 1.807) is 6.20 Å². The number of methoxy groups -OCH3 is 1. The van der Waals surface area contributed by atoms with Gasteiger partial charge in [-0.2, -0.15) is 0 Å². The van der Waals surface area contributed by atoms with Gasteiger partial charge in [-0.15, -0.1) is 0 Å². The molecule has 0 spiro atoms. The van der Waals surface area contributed by atoms with E-state index in [0.29, 0.717) is 16.8 Å². The minimum atomic E-state index is 0.124. The van der Waals surface area contributed by atoms with E-state index in [9.17, 15) is 5.11 Å². The molecule has 0 amide bonds. The van der Waals surface area contributed by atoms with E-state index < -0.39 is 0 Å². The van der Waals surface area contributed by atoms with Crippen molar-refractivity contribution in [2.45, 2.75) is 13.1 Å². The fourth-order valence-corrected chi connectivity index (χ4v) is 2.23. The quantitative estimate of drug-likeness (QED) is 0.888. The van der Waals surface area contributed by atoms with Gasteiger partial charge in [0.05, 0.1) is 11.6 Å². The average molecular weight is 323 g/mol. The standard InChI is InChI=1S/C14H15BrN2O2/c1-19-13-6-11(5-12(15)14(13)18)9-17-8-10-3-2-4-16-7-10/h2-7,17-18H,8-9H2,1H3. The summed E-state index contributed by atoms with van der Waals surface area (Å²) in [5, 5.41) is 13.0. The number of aromatic hydroxyl groups is 1. The third kappa shape index (κ3) is 3.68. The highest BCUT2D eigenvalue weighted by Crippen LogP contribution is 2.35. The van der Waals surface area contributed by atoms with E-state index in [4.69, 9.17) is 4.74 Å². The fourth-order valence-electron chi connectivity index (χ4n) is 1.74. The molecule has 0 saturated heterocycles. The summed E-state index contributed by atoms with van der Waals surface area (Å²) in [5.74, 6) is 0.589. The third-order valence-corrected chi connectivity index (χ3v) is 3.29. The van der Waals surface area contributed by atoms with Gasteiger partial charge in [-0.05, 0) is 45.3 Å². The van der Waals surface area contributed by atoms with Crippen molar-refractivity contribution in [3.8, 4) is 11.5 Å². The summed E-state index contributed by atoms with van der Waals surface area (Å²) in [4.78, 5) is 4.06. The molecular weight excluding hydrogens is 308 g/mol. The van der Waals surface area contributed by atoms with Crippen LogP contribution in [0.15, 0.2) is 41.1 Å². The number of nitrogens with zero attached hydrogens (tertiary/aromatic N) is 1. The molecule has 0 aliphatic rings. The van der Waals surface area contributed by atoms with Crippen LogP contribution in [0.1, 0.15) is 11.1 Å². The number of pyridine rings is 1. The van der Waals surface area contributed by atoms with Crippen molar-refractivity contribution in [3.63, 3.8) is 0 Å². The second-order valence-corrected chi connectivity index (χ2v) is 4.95. The summed E-state index contributed by atoms with van der Waals surface area (Å²) >= 11 is 3.31. The number of ether oxygens (including phenoxy) is 1. The Hall–Kier alpha value is -1.59. The molecule has 2 rings (SSSR count). The van der Waals surface area contributed by atoms with Gasteiger partial charge in [0.15, 0.2) is 11.5 Å². The van der Waals surface area contributed by atoms with Crippen LogP contribution in [0.2, 0.25) is 0 Å². The van der Waals surface area contributed by atoms with Crippen LogP contribution in [-0.2, 0) is 13.1 Å². The van der Waals surface area contributed by atoms with Gasteiger partial charge in [0, 0.05) is 25.5 Å². The van der Waals surface area contributed by atoms with Crippen LogP contribution in [-0.4, -0.2) is 17.2 Å². The highest BCUT2D eigenvalue weighted by molar-refractivity contribution is 9.10. The predicted octanol–water partition coefficient (Wildman–Crippen LogP) is 2.85. The maximum atomic E-state index is 9.72. The summed E-state index contributed by atoms with van der Waals surface area (Å²) in [5.41, 5.74) is 2.16. The minimum absolute atomic E-state index is 0.124. The Labute approximate surface area is 120 Å². The number of hydrogen-bond donors (Lipinski definition) is 2. The SMILES string of the molecule is COc1cc(CNCc2cccnc2)cc(Br)c1O. The molecule has 0 saturated carbocycles. The molecule has 1 aromatic carbocycles. The molecule has 1 heterocycles. The first kappa shape index (κ1) is 13.8. The molecular formula is C14H15BrN2O2. The smallest absolute Gasteiger partial charge is 0.172 e. The van der Waals surface area contributed by atoms with Gasteiger partial charge < -0.3 is 15.2 Å². The first-order chi connectivity index (χ1) is 9.20. The molecule has 0 bridgehead atoms. The molecule has 0 atom stereocenters. The number of aromatic nitrogens is 1. The Morgan fingerprint density at radius 3 is 2.79 bits per heavy atom. The van der Waals surface area contributed by atoms with Crippen LogP contribution in [0.25, 0.3) is 0 Å². The van der Waals surface area contributed by atoms with E-state index in [1.807, 2.05) is 30.5 Å². The lowest BCUT2D eigenvalue weighted by Gasteiger charge is -2.10. The van der Waals surface area contributed by atoms with Crippen molar-refractivity contribution in [1.82, 2.24) is 10.3 Å². The number of benzene rings is 1. The highest BCUT2D eigenvalue weighted by Gasteiger charge is 2.08. The van der Waals surface area contributed by atoms with E-state index in [1.165, 1.54) is 7.11 Å². The summed E-state index contributed by atoms with van der Waals surface area (Å²) in [6.45, 7) is 1.43. The first-order valence-electron chi connectivity index (χ1n) is 5.85. The zero-order valence-electron chi connectivity index (χ0n) is 10.6. The van der Waals surface area contributed by atoms with Crippen molar-refractivity contribution in [2.75, 3.05) is 7.11 Å². The van der Waals surface area contributed by atoms with Crippen LogP contribution < -0.4 is 10.1 Å². The molecule has 2 N–H and O–H groups in total. The van der Waals surface area contributed by atoms with E-state index >= 15 is 0 Å².